The molecule has 1 aliphatic heterocycles. The summed E-state index contributed by atoms with van der Waals surface area (Å²) < 4.78 is 103. The Bertz CT molecular complexity index is 742. The van der Waals surface area contributed by atoms with Gasteiger partial charge in [-0.2, -0.15) is 26.3 Å². The molecule has 1 aliphatic rings. The number of likely N-dealkylation sites (tertiary alicyclic amines) is 1. The smallest absolute Gasteiger partial charge is 0.426 e. The summed E-state index contributed by atoms with van der Waals surface area (Å²) in [5, 5.41) is 0. The maximum atomic E-state index is 12.5. The van der Waals surface area contributed by atoms with Crippen LogP contribution in [0.3, 0.4) is 0 Å². The van der Waals surface area contributed by atoms with E-state index in [2.05, 4.69) is 9.72 Å². The van der Waals surface area contributed by atoms with E-state index in [0.29, 0.717) is 5.69 Å². The summed E-state index contributed by atoms with van der Waals surface area (Å²) in [6, 6.07) is 3.07. The van der Waals surface area contributed by atoms with E-state index in [-0.39, 0.29) is 38.4 Å². The van der Waals surface area contributed by atoms with Crippen molar-refractivity contribution in [3.63, 3.8) is 0 Å². The second-order valence-electron chi connectivity index (χ2n) is 6.31. The monoisotopic (exact) mass is 449 g/mol. The SMILES string of the molecule is O=C(OC(C(F)(F)F)C(F)(F)F)N1CCC(CN(c2cccnc2)[SH](=O)=O)CC1. The lowest BCUT2D eigenvalue weighted by molar-refractivity contribution is -0.308. The van der Waals surface area contributed by atoms with Crippen LogP contribution in [0.4, 0.5) is 36.8 Å². The number of thiol groups is 1. The van der Waals surface area contributed by atoms with E-state index in [1.807, 2.05) is 0 Å². The topological polar surface area (TPSA) is 79.8 Å². The maximum absolute atomic E-state index is 12.5. The summed E-state index contributed by atoms with van der Waals surface area (Å²) in [6.07, 6.45) is -14.3. The number of alkyl halides is 6. The molecule has 0 radical (unpaired) electrons. The van der Waals surface area contributed by atoms with Crippen molar-refractivity contribution in [1.82, 2.24) is 9.88 Å². The first-order chi connectivity index (χ1) is 13.4. The number of hydrogen-bond acceptors (Lipinski definition) is 5. The van der Waals surface area contributed by atoms with Gasteiger partial charge in [-0.05, 0) is 30.9 Å². The molecule has 1 amide bonds. The van der Waals surface area contributed by atoms with Crippen LogP contribution < -0.4 is 4.31 Å². The molecule has 2 rings (SSSR count). The van der Waals surface area contributed by atoms with Crippen molar-refractivity contribution >= 4 is 22.7 Å². The summed E-state index contributed by atoms with van der Waals surface area (Å²) in [5.74, 6) is -0.256. The summed E-state index contributed by atoms with van der Waals surface area (Å²) >= 11 is 0. The summed E-state index contributed by atoms with van der Waals surface area (Å²) in [6.45, 7) is -0.286. The Hall–Kier alpha value is -2.25. The second-order valence-corrected chi connectivity index (χ2v) is 7.27. The summed E-state index contributed by atoms with van der Waals surface area (Å²) in [5.41, 5.74) is 0.323. The van der Waals surface area contributed by atoms with Crippen molar-refractivity contribution in [3.8, 4) is 0 Å². The molecule has 29 heavy (non-hydrogen) atoms. The Balaban J connectivity index is 1.95. The van der Waals surface area contributed by atoms with Crippen LogP contribution in [0, 0.1) is 5.92 Å². The third kappa shape index (κ3) is 6.37. The Morgan fingerprint density at radius 1 is 1.21 bits per heavy atom. The summed E-state index contributed by atoms with van der Waals surface area (Å²) in [4.78, 5) is 16.3. The number of halogens is 6. The van der Waals surface area contributed by atoms with Gasteiger partial charge in [0.2, 0.25) is 10.9 Å². The van der Waals surface area contributed by atoms with Crippen molar-refractivity contribution in [2.45, 2.75) is 31.3 Å². The number of ether oxygens (including phenoxy) is 1. The van der Waals surface area contributed by atoms with Crippen molar-refractivity contribution in [3.05, 3.63) is 24.5 Å². The van der Waals surface area contributed by atoms with Gasteiger partial charge in [0.05, 0.1) is 11.9 Å². The number of aromatic nitrogens is 1. The first kappa shape index (κ1) is 23.0. The van der Waals surface area contributed by atoms with Crippen molar-refractivity contribution in [1.29, 1.82) is 0 Å². The van der Waals surface area contributed by atoms with Crippen molar-refractivity contribution < 1.29 is 44.3 Å². The number of pyridine rings is 1. The first-order valence-electron chi connectivity index (χ1n) is 8.30. The average molecular weight is 449 g/mol. The molecule has 0 bridgehead atoms. The third-order valence-corrected chi connectivity index (χ3v) is 5.05. The fourth-order valence-electron chi connectivity index (χ4n) is 2.81. The Morgan fingerprint density at radius 2 is 1.79 bits per heavy atom. The number of amides is 1. The molecule has 0 unspecified atom stereocenters. The van der Waals surface area contributed by atoms with Crippen LogP contribution in [0.15, 0.2) is 24.5 Å². The van der Waals surface area contributed by atoms with Gasteiger partial charge in [0.25, 0.3) is 6.10 Å². The van der Waals surface area contributed by atoms with E-state index >= 15 is 0 Å². The molecule has 7 nitrogen and oxygen atoms in total. The number of piperidine rings is 1. The van der Waals surface area contributed by atoms with Crippen LogP contribution in [0.25, 0.3) is 0 Å². The zero-order valence-electron chi connectivity index (χ0n) is 14.7. The van der Waals surface area contributed by atoms with Crippen LogP contribution in [0.2, 0.25) is 0 Å². The fourth-order valence-corrected chi connectivity index (χ4v) is 3.48. The Morgan fingerprint density at radius 3 is 2.24 bits per heavy atom. The normalized spacial score (nSPS) is 16.3. The molecule has 0 aromatic carbocycles. The van der Waals surface area contributed by atoms with E-state index in [9.17, 15) is 39.6 Å². The van der Waals surface area contributed by atoms with Gasteiger partial charge in [0, 0.05) is 25.8 Å². The maximum Gasteiger partial charge on any atom is 0.434 e. The predicted octanol–water partition coefficient (Wildman–Crippen LogP) is 2.76. The van der Waals surface area contributed by atoms with E-state index in [1.165, 1.54) is 24.5 Å². The molecular weight excluding hydrogens is 432 g/mol. The first-order valence-corrected chi connectivity index (χ1v) is 9.43. The minimum atomic E-state index is -5.78. The van der Waals surface area contributed by atoms with Crippen molar-refractivity contribution in [2.75, 3.05) is 23.9 Å². The minimum absolute atomic E-state index is 0.0427. The number of nitrogens with zero attached hydrogens (tertiary/aromatic N) is 3. The van der Waals surface area contributed by atoms with E-state index in [0.717, 1.165) is 9.21 Å². The van der Waals surface area contributed by atoms with Gasteiger partial charge in [0.15, 0.2) is 0 Å². The number of carbonyl (C=O) groups excluding carboxylic acids is 1. The van der Waals surface area contributed by atoms with Gasteiger partial charge in [-0.1, -0.05) is 0 Å². The molecule has 1 aromatic rings. The molecule has 1 fully saturated rings. The molecule has 1 saturated heterocycles. The van der Waals surface area contributed by atoms with Crippen LogP contribution in [-0.2, 0) is 15.6 Å². The van der Waals surface area contributed by atoms with Crippen LogP contribution in [0.5, 0.6) is 0 Å². The third-order valence-electron chi connectivity index (χ3n) is 4.26. The van der Waals surface area contributed by atoms with Gasteiger partial charge in [0.1, 0.15) is 0 Å². The van der Waals surface area contributed by atoms with Crippen molar-refractivity contribution in [2.24, 2.45) is 5.92 Å². The molecule has 0 spiro atoms. The molecule has 1 aromatic heterocycles. The van der Waals surface area contributed by atoms with Gasteiger partial charge in [-0.3, -0.25) is 9.29 Å². The number of hydrogen-bond donors (Lipinski definition) is 1. The molecule has 164 valence electrons. The van der Waals surface area contributed by atoms with Crippen LogP contribution >= 0.6 is 0 Å². The van der Waals surface area contributed by atoms with E-state index in [4.69, 9.17) is 0 Å². The number of anilines is 1. The largest absolute Gasteiger partial charge is 0.434 e. The van der Waals surface area contributed by atoms with Crippen LogP contribution in [0.1, 0.15) is 12.8 Å². The quantitative estimate of drug-likeness (QED) is 0.553. The molecule has 2 heterocycles. The molecule has 0 atom stereocenters. The predicted molar refractivity (Wildman–Crippen MR) is 88.6 cm³/mol. The number of rotatable bonds is 5. The molecule has 0 saturated carbocycles. The van der Waals surface area contributed by atoms with Gasteiger partial charge >= 0.3 is 18.4 Å². The standard InChI is InChI=1S/C15H17F6N3O4S/c16-14(17,18)12(15(19,20)21)28-13(25)23-6-3-10(4-7-23)9-24(29(26)27)11-2-1-5-22-8-11/h1-2,5,8,10,12,29H,3-4,6-7,9H2. The van der Waals surface area contributed by atoms with E-state index in [1.54, 1.807) is 0 Å². The minimum Gasteiger partial charge on any atom is -0.426 e. The lowest BCUT2D eigenvalue weighted by atomic mass is 9.97. The highest BCUT2D eigenvalue weighted by Crippen LogP contribution is 2.36. The lowest BCUT2D eigenvalue weighted by Gasteiger charge is -2.34. The van der Waals surface area contributed by atoms with Gasteiger partial charge < -0.3 is 9.64 Å². The molecule has 0 aliphatic carbocycles. The lowest BCUT2D eigenvalue weighted by Crippen LogP contribution is -2.49. The highest BCUT2D eigenvalue weighted by Gasteiger charge is 2.60. The zero-order valence-corrected chi connectivity index (χ0v) is 15.6. The highest BCUT2D eigenvalue weighted by atomic mass is 32.2. The fraction of sp³-hybridized carbons (Fsp3) is 0.600. The Kier molecular flexibility index (Phi) is 7.19. The summed E-state index contributed by atoms with van der Waals surface area (Å²) in [7, 11) is -2.99. The van der Waals surface area contributed by atoms with E-state index < -0.39 is 35.4 Å². The zero-order chi connectivity index (χ0) is 21.8. The van der Waals surface area contributed by atoms with Crippen LogP contribution in [-0.4, -0.2) is 62.5 Å². The Labute approximate surface area is 163 Å². The number of carbonyl (C=O) groups is 1. The molecule has 0 N–H and O–H groups in total. The molecule has 14 heteroatoms. The average Bonchev–Trinajstić information content (AvgIpc) is 2.63. The van der Waals surface area contributed by atoms with Gasteiger partial charge in [-0.15, -0.1) is 0 Å². The van der Waals surface area contributed by atoms with Gasteiger partial charge in [-0.25, -0.2) is 13.2 Å². The highest BCUT2D eigenvalue weighted by molar-refractivity contribution is 7.74. The molecular formula is C15H17F6N3O4S. The second kappa shape index (κ2) is 9.05.